The van der Waals surface area contributed by atoms with Crippen molar-refractivity contribution in [2.45, 2.75) is 58.5 Å². The molecule has 0 aromatic rings. The fraction of sp³-hybridized carbons (Fsp3) is 0.818. The number of unbranched alkanes of at least 4 members (excludes halogenated alkanes) is 3. The van der Waals surface area contributed by atoms with E-state index in [1.165, 1.54) is 12.8 Å². The van der Waals surface area contributed by atoms with E-state index in [2.05, 4.69) is 19.9 Å². The first-order valence-electron chi connectivity index (χ1n) is 5.16. The highest BCUT2D eigenvalue weighted by molar-refractivity contribution is 4.87. The molecule has 0 spiro atoms. The Balaban J connectivity index is 3.26. The first-order chi connectivity index (χ1) is 5.81. The maximum absolute atomic E-state index is 9.42. The van der Waals surface area contributed by atoms with Gasteiger partial charge in [0.1, 0.15) is 0 Å². The second kappa shape index (κ2) is 8.79. The molecule has 12 heavy (non-hydrogen) atoms. The van der Waals surface area contributed by atoms with Gasteiger partial charge in [0.05, 0.1) is 6.10 Å². The molecule has 0 saturated heterocycles. The lowest BCUT2D eigenvalue weighted by molar-refractivity contribution is 0.208. The van der Waals surface area contributed by atoms with Crippen molar-refractivity contribution in [2.75, 3.05) is 0 Å². The molecule has 0 aromatic carbocycles. The molecular formula is C11H22O. The van der Waals surface area contributed by atoms with E-state index in [1.807, 2.05) is 6.08 Å². The zero-order chi connectivity index (χ0) is 9.23. The van der Waals surface area contributed by atoms with Gasteiger partial charge in [0, 0.05) is 0 Å². The zero-order valence-electron chi connectivity index (χ0n) is 8.42. The van der Waals surface area contributed by atoms with E-state index in [4.69, 9.17) is 0 Å². The highest BCUT2D eigenvalue weighted by atomic mass is 16.3. The topological polar surface area (TPSA) is 20.2 Å². The average Bonchev–Trinajstić information content (AvgIpc) is 2.06. The average molecular weight is 170 g/mol. The van der Waals surface area contributed by atoms with E-state index in [9.17, 15) is 5.11 Å². The van der Waals surface area contributed by atoms with Gasteiger partial charge >= 0.3 is 0 Å². The fourth-order valence-corrected chi connectivity index (χ4v) is 1.12. The van der Waals surface area contributed by atoms with Crippen LogP contribution in [0.15, 0.2) is 12.2 Å². The highest BCUT2D eigenvalue weighted by Gasteiger charge is 1.96. The van der Waals surface area contributed by atoms with Crippen molar-refractivity contribution in [3.8, 4) is 0 Å². The van der Waals surface area contributed by atoms with E-state index in [1.54, 1.807) is 0 Å². The van der Waals surface area contributed by atoms with Crippen molar-refractivity contribution in [3.05, 3.63) is 12.2 Å². The molecule has 1 nitrogen and oxygen atoms in total. The van der Waals surface area contributed by atoms with Gasteiger partial charge < -0.3 is 5.11 Å². The summed E-state index contributed by atoms with van der Waals surface area (Å²) in [7, 11) is 0. The van der Waals surface area contributed by atoms with Crippen LogP contribution in [0.2, 0.25) is 0 Å². The van der Waals surface area contributed by atoms with Gasteiger partial charge in [-0.3, -0.25) is 0 Å². The Kier molecular flexibility index (Phi) is 8.57. The molecule has 0 bridgehead atoms. The predicted molar refractivity (Wildman–Crippen MR) is 54.2 cm³/mol. The molecule has 1 atom stereocenters. The molecule has 0 aliphatic rings. The highest BCUT2D eigenvalue weighted by Crippen LogP contribution is 2.04. The van der Waals surface area contributed by atoms with Gasteiger partial charge in [-0.1, -0.05) is 51.7 Å². The Morgan fingerprint density at radius 1 is 1.17 bits per heavy atom. The van der Waals surface area contributed by atoms with Crippen molar-refractivity contribution in [2.24, 2.45) is 0 Å². The molecule has 0 heterocycles. The summed E-state index contributed by atoms with van der Waals surface area (Å²) in [4.78, 5) is 0. The first kappa shape index (κ1) is 11.7. The number of hydrogen-bond acceptors (Lipinski definition) is 1. The van der Waals surface area contributed by atoms with Crippen LogP contribution < -0.4 is 0 Å². The van der Waals surface area contributed by atoms with Gasteiger partial charge in [0.2, 0.25) is 0 Å². The third-order valence-corrected chi connectivity index (χ3v) is 1.92. The summed E-state index contributed by atoms with van der Waals surface area (Å²) < 4.78 is 0. The van der Waals surface area contributed by atoms with Gasteiger partial charge in [-0.05, 0) is 12.8 Å². The minimum absolute atomic E-state index is 0.205. The van der Waals surface area contributed by atoms with Crippen LogP contribution >= 0.6 is 0 Å². The summed E-state index contributed by atoms with van der Waals surface area (Å²) in [6, 6.07) is 0. The van der Waals surface area contributed by atoms with E-state index in [0.717, 1.165) is 25.7 Å². The molecule has 0 aromatic heterocycles. The monoisotopic (exact) mass is 170 g/mol. The second-order valence-electron chi connectivity index (χ2n) is 3.28. The maximum Gasteiger partial charge on any atom is 0.0720 e. The van der Waals surface area contributed by atoms with Gasteiger partial charge in [-0.2, -0.15) is 0 Å². The van der Waals surface area contributed by atoms with Crippen molar-refractivity contribution in [1.29, 1.82) is 0 Å². The van der Waals surface area contributed by atoms with Crippen LogP contribution in [0.25, 0.3) is 0 Å². The molecule has 0 aliphatic heterocycles. The molecule has 1 heteroatoms. The van der Waals surface area contributed by atoms with Crippen LogP contribution in [-0.2, 0) is 0 Å². The normalized spacial score (nSPS) is 13.9. The third kappa shape index (κ3) is 7.80. The van der Waals surface area contributed by atoms with Gasteiger partial charge in [-0.25, -0.2) is 0 Å². The second-order valence-corrected chi connectivity index (χ2v) is 3.28. The maximum atomic E-state index is 9.42. The number of aliphatic hydroxyl groups is 1. The number of rotatable bonds is 7. The Hall–Kier alpha value is -0.300. The first-order valence-corrected chi connectivity index (χ1v) is 5.16. The SMILES string of the molecule is CCCC=CC(O)CCCCC. The smallest absolute Gasteiger partial charge is 0.0720 e. The summed E-state index contributed by atoms with van der Waals surface area (Å²) in [6.45, 7) is 4.33. The molecule has 0 fully saturated rings. The van der Waals surface area contributed by atoms with E-state index < -0.39 is 0 Å². The summed E-state index contributed by atoms with van der Waals surface area (Å²) in [5, 5.41) is 9.42. The van der Waals surface area contributed by atoms with Crippen LogP contribution in [-0.4, -0.2) is 11.2 Å². The van der Waals surface area contributed by atoms with Crippen molar-refractivity contribution < 1.29 is 5.11 Å². The number of hydrogen-bond donors (Lipinski definition) is 1. The molecule has 0 saturated carbocycles. The van der Waals surface area contributed by atoms with E-state index >= 15 is 0 Å². The molecule has 0 amide bonds. The minimum Gasteiger partial charge on any atom is -0.389 e. The number of allylic oxidation sites excluding steroid dienone is 1. The van der Waals surface area contributed by atoms with Crippen LogP contribution in [0.4, 0.5) is 0 Å². The Labute approximate surface area is 76.5 Å². The standard InChI is InChI=1S/C11H22O/c1-3-5-7-9-11(12)10-8-6-4-2/h7,9,11-12H,3-6,8,10H2,1-2H3. The summed E-state index contributed by atoms with van der Waals surface area (Å²) in [5.74, 6) is 0. The Morgan fingerprint density at radius 3 is 2.50 bits per heavy atom. The zero-order valence-corrected chi connectivity index (χ0v) is 8.42. The molecular weight excluding hydrogens is 148 g/mol. The Bertz CT molecular complexity index is 108. The van der Waals surface area contributed by atoms with Crippen LogP contribution in [0.5, 0.6) is 0 Å². The molecule has 1 unspecified atom stereocenters. The molecule has 0 radical (unpaired) electrons. The largest absolute Gasteiger partial charge is 0.389 e. The minimum atomic E-state index is -0.205. The fourth-order valence-electron chi connectivity index (χ4n) is 1.12. The van der Waals surface area contributed by atoms with E-state index in [0.29, 0.717) is 0 Å². The quantitative estimate of drug-likeness (QED) is 0.459. The molecule has 0 rings (SSSR count). The van der Waals surface area contributed by atoms with Crippen LogP contribution in [0, 0.1) is 0 Å². The summed E-state index contributed by atoms with van der Waals surface area (Å²) in [5.41, 5.74) is 0. The number of aliphatic hydroxyl groups excluding tert-OH is 1. The lowest BCUT2D eigenvalue weighted by Crippen LogP contribution is -2.00. The lowest BCUT2D eigenvalue weighted by Gasteiger charge is -2.03. The van der Waals surface area contributed by atoms with Crippen molar-refractivity contribution >= 4 is 0 Å². The van der Waals surface area contributed by atoms with E-state index in [-0.39, 0.29) is 6.10 Å². The van der Waals surface area contributed by atoms with Crippen molar-refractivity contribution in [1.82, 2.24) is 0 Å². The van der Waals surface area contributed by atoms with Crippen LogP contribution in [0.3, 0.4) is 0 Å². The predicted octanol–water partition coefficient (Wildman–Crippen LogP) is 3.28. The lowest BCUT2D eigenvalue weighted by atomic mass is 10.1. The van der Waals surface area contributed by atoms with Crippen LogP contribution in [0.1, 0.15) is 52.4 Å². The third-order valence-electron chi connectivity index (χ3n) is 1.92. The summed E-state index contributed by atoms with van der Waals surface area (Å²) in [6.07, 6.45) is 10.6. The van der Waals surface area contributed by atoms with Gasteiger partial charge in [0.15, 0.2) is 0 Å². The Morgan fingerprint density at radius 2 is 1.92 bits per heavy atom. The van der Waals surface area contributed by atoms with Crippen molar-refractivity contribution in [3.63, 3.8) is 0 Å². The summed E-state index contributed by atoms with van der Waals surface area (Å²) >= 11 is 0. The molecule has 72 valence electrons. The molecule has 1 N–H and O–H groups in total. The van der Waals surface area contributed by atoms with Gasteiger partial charge in [0.25, 0.3) is 0 Å². The van der Waals surface area contributed by atoms with Gasteiger partial charge in [-0.15, -0.1) is 0 Å². The molecule has 0 aliphatic carbocycles.